The van der Waals surface area contributed by atoms with Gasteiger partial charge in [0.1, 0.15) is 12.0 Å². The van der Waals surface area contributed by atoms with E-state index in [4.69, 9.17) is 0 Å². The Bertz CT molecular complexity index is 1020. The van der Waals surface area contributed by atoms with Crippen molar-refractivity contribution in [3.8, 4) is 0 Å². The lowest BCUT2D eigenvalue weighted by atomic mass is 9.85. The van der Waals surface area contributed by atoms with Gasteiger partial charge in [-0.3, -0.25) is 4.79 Å². The molecule has 2 unspecified atom stereocenters. The van der Waals surface area contributed by atoms with Gasteiger partial charge in [-0.1, -0.05) is 18.2 Å². The molecule has 0 heterocycles. The number of hydrogen-bond donors (Lipinski definition) is 4. The van der Waals surface area contributed by atoms with Crippen LogP contribution < -0.4 is 15.4 Å². The van der Waals surface area contributed by atoms with Crippen molar-refractivity contribution in [2.75, 3.05) is 5.32 Å². The molecule has 0 aliphatic heterocycles. The fourth-order valence-electron chi connectivity index (χ4n) is 3.92. The average molecular weight is 464 g/mol. The summed E-state index contributed by atoms with van der Waals surface area (Å²) in [6, 6.07) is 11.8. The monoisotopic (exact) mass is 463 g/mol. The SMILES string of the molecule is CC(O)Nc1cccc(S(=O)(=O)NC2CCC(C(=O)NC(C)c3ccc(F)cc3)CC2)c1. The van der Waals surface area contributed by atoms with Crippen LogP contribution in [0.25, 0.3) is 0 Å². The molecule has 32 heavy (non-hydrogen) atoms. The number of hydrogen-bond acceptors (Lipinski definition) is 5. The van der Waals surface area contributed by atoms with Gasteiger partial charge in [0.15, 0.2) is 0 Å². The first-order chi connectivity index (χ1) is 15.1. The Morgan fingerprint density at radius 1 is 1.06 bits per heavy atom. The molecule has 0 bridgehead atoms. The van der Waals surface area contributed by atoms with E-state index in [0.717, 1.165) is 5.56 Å². The van der Waals surface area contributed by atoms with E-state index < -0.39 is 16.3 Å². The second kappa shape index (κ2) is 10.4. The Hall–Kier alpha value is -2.49. The largest absolute Gasteiger partial charge is 0.374 e. The van der Waals surface area contributed by atoms with Gasteiger partial charge in [-0.25, -0.2) is 17.5 Å². The Kier molecular flexibility index (Phi) is 7.86. The first-order valence-corrected chi connectivity index (χ1v) is 12.2. The third-order valence-corrected chi connectivity index (χ3v) is 7.19. The van der Waals surface area contributed by atoms with Crippen LogP contribution >= 0.6 is 0 Å². The van der Waals surface area contributed by atoms with Crippen molar-refractivity contribution in [3.63, 3.8) is 0 Å². The summed E-state index contributed by atoms with van der Waals surface area (Å²) in [5.41, 5.74) is 1.34. The Morgan fingerprint density at radius 2 is 1.72 bits per heavy atom. The Morgan fingerprint density at radius 3 is 2.34 bits per heavy atom. The topological polar surface area (TPSA) is 108 Å². The third-order valence-electron chi connectivity index (χ3n) is 5.67. The fourth-order valence-corrected chi connectivity index (χ4v) is 5.27. The van der Waals surface area contributed by atoms with E-state index in [-0.39, 0.29) is 34.6 Å². The molecule has 9 heteroatoms. The summed E-state index contributed by atoms with van der Waals surface area (Å²) < 4.78 is 41.4. The maximum atomic E-state index is 13.1. The number of carbonyl (C=O) groups excluding carboxylic acids is 1. The Labute approximate surface area is 188 Å². The van der Waals surface area contributed by atoms with Crippen molar-refractivity contribution in [1.82, 2.24) is 10.0 Å². The lowest BCUT2D eigenvalue weighted by Crippen LogP contribution is -2.41. The molecule has 1 fully saturated rings. The summed E-state index contributed by atoms with van der Waals surface area (Å²) in [5, 5.41) is 15.2. The number of sulfonamides is 1. The lowest BCUT2D eigenvalue weighted by molar-refractivity contribution is -0.126. The molecule has 1 saturated carbocycles. The van der Waals surface area contributed by atoms with E-state index >= 15 is 0 Å². The van der Waals surface area contributed by atoms with Crippen LogP contribution in [0.2, 0.25) is 0 Å². The fraction of sp³-hybridized carbons (Fsp3) is 0.435. The number of benzene rings is 2. The van der Waals surface area contributed by atoms with Crippen LogP contribution in [0.4, 0.5) is 10.1 Å². The highest BCUT2D eigenvalue weighted by atomic mass is 32.2. The van der Waals surface area contributed by atoms with Gasteiger partial charge in [-0.05, 0) is 75.4 Å². The molecule has 3 rings (SSSR count). The highest BCUT2D eigenvalue weighted by Gasteiger charge is 2.29. The molecule has 2 aromatic carbocycles. The second-order valence-electron chi connectivity index (χ2n) is 8.30. The van der Waals surface area contributed by atoms with Crippen molar-refractivity contribution in [2.24, 2.45) is 5.92 Å². The molecule has 0 spiro atoms. The average Bonchev–Trinajstić information content (AvgIpc) is 2.74. The van der Waals surface area contributed by atoms with Crippen LogP contribution in [0.5, 0.6) is 0 Å². The minimum Gasteiger partial charge on any atom is -0.374 e. The molecule has 1 aliphatic rings. The van der Waals surface area contributed by atoms with E-state index in [9.17, 15) is 22.7 Å². The predicted octanol–water partition coefficient (Wildman–Crippen LogP) is 3.29. The third kappa shape index (κ3) is 6.51. The molecule has 2 atom stereocenters. The van der Waals surface area contributed by atoms with Gasteiger partial charge >= 0.3 is 0 Å². The number of rotatable bonds is 8. The van der Waals surface area contributed by atoms with Crippen LogP contribution in [0.1, 0.15) is 51.1 Å². The Balaban J connectivity index is 1.53. The van der Waals surface area contributed by atoms with Crippen molar-refractivity contribution < 1.29 is 22.7 Å². The first-order valence-electron chi connectivity index (χ1n) is 10.8. The van der Waals surface area contributed by atoms with Crippen molar-refractivity contribution in [2.45, 2.75) is 62.7 Å². The van der Waals surface area contributed by atoms with E-state index in [1.54, 1.807) is 31.2 Å². The van der Waals surface area contributed by atoms with Crippen LogP contribution in [0.15, 0.2) is 53.4 Å². The van der Waals surface area contributed by atoms with Crippen LogP contribution in [0.3, 0.4) is 0 Å². The number of anilines is 1. The number of carbonyl (C=O) groups is 1. The maximum absolute atomic E-state index is 13.1. The molecular formula is C23H30FN3O4S. The number of nitrogens with one attached hydrogen (secondary N) is 3. The predicted molar refractivity (Wildman–Crippen MR) is 121 cm³/mol. The zero-order valence-electron chi connectivity index (χ0n) is 18.2. The maximum Gasteiger partial charge on any atom is 0.240 e. The highest BCUT2D eigenvalue weighted by Crippen LogP contribution is 2.27. The van der Waals surface area contributed by atoms with Crippen molar-refractivity contribution in [1.29, 1.82) is 0 Å². The molecule has 0 aromatic heterocycles. The van der Waals surface area contributed by atoms with Gasteiger partial charge in [0.05, 0.1) is 10.9 Å². The van der Waals surface area contributed by atoms with E-state index in [0.29, 0.717) is 31.4 Å². The van der Waals surface area contributed by atoms with Gasteiger partial charge < -0.3 is 15.7 Å². The molecule has 7 nitrogen and oxygen atoms in total. The molecule has 4 N–H and O–H groups in total. The molecule has 0 radical (unpaired) electrons. The minimum absolute atomic E-state index is 0.0694. The van der Waals surface area contributed by atoms with Gasteiger partial charge in [0.2, 0.25) is 15.9 Å². The molecular weight excluding hydrogens is 433 g/mol. The highest BCUT2D eigenvalue weighted by molar-refractivity contribution is 7.89. The number of aliphatic hydroxyl groups excluding tert-OH is 1. The van der Waals surface area contributed by atoms with Crippen molar-refractivity contribution in [3.05, 3.63) is 59.9 Å². The lowest BCUT2D eigenvalue weighted by Gasteiger charge is -2.29. The number of amides is 1. The van der Waals surface area contributed by atoms with Gasteiger partial charge in [0.25, 0.3) is 0 Å². The van der Waals surface area contributed by atoms with E-state index in [1.165, 1.54) is 24.3 Å². The van der Waals surface area contributed by atoms with Crippen LogP contribution in [0, 0.1) is 11.7 Å². The normalized spacial score (nSPS) is 20.9. The molecule has 0 saturated heterocycles. The van der Waals surface area contributed by atoms with E-state index in [2.05, 4.69) is 15.4 Å². The van der Waals surface area contributed by atoms with Gasteiger partial charge in [-0.15, -0.1) is 0 Å². The number of aliphatic hydroxyl groups is 1. The first kappa shape index (κ1) is 24.2. The van der Waals surface area contributed by atoms with Crippen LogP contribution in [-0.4, -0.2) is 31.7 Å². The zero-order chi connectivity index (χ0) is 23.3. The molecule has 2 aromatic rings. The molecule has 1 amide bonds. The van der Waals surface area contributed by atoms with Gasteiger partial charge in [-0.2, -0.15) is 0 Å². The summed E-state index contributed by atoms with van der Waals surface area (Å²) >= 11 is 0. The number of halogens is 1. The molecule has 174 valence electrons. The van der Waals surface area contributed by atoms with Crippen molar-refractivity contribution >= 4 is 21.6 Å². The van der Waals surface area contributed by atoms with Crippen LogP contribution in [-0.2, 0) is 14.8 Å². The van der Waals surface area contributed by atoms with E-state index in [1.807, 2.05) is 6.92 Å². The summed E-state index contributed by atoms with van der Waals surface area (Å²) in [4.78, 5) is 12.8. The second-order valence-corrected chi connectivity index (χ2v) is 10.0. The zero-order valence-corrected chi connectivity index (χ0v) is 19.0. The minimum atomic E-state index is -3.72. The molecule has 1 aliphatic carbocycles. The van der Waals surface area contributed by atoms with Gasteiger partial charge in [0, 0.05) is 17.6 Å². The summed E-state index contributed by atoms with van der Waals surface area (Å²) in [7, 11) is -3.72. The summed E-state index contributed by atoms with van der Waals surface area (Å²) in [6.45, 7) is 3.40. The smallest absolute Gasteiger partial charge is 0.240 e. The summed E-state index contributed by atoms with van der Waals surface area (Å²) in [6.07, 6.45) is 1.49. The summed E-state index contributed by atoms with van der Waals surface area (Å²) in [5.74, 6) is -0.573. The quantitative estimate of drug-likeness (QED) is 0.450. The standard InChI is InChI=1S/C23H30FN3O4S/c1-15(17-6-10-19(24)11-7-17)25-23(29)18-8-12-20(13-9-18)27-32(30,31)22-5-3-4-21(14-22)26-16(2)28/h3-7,10-11,14-16,18,20,26-28H,8-9,12-13H2,1-2H3,(H,25,29).